The van der Waals surface area contributed by atoms with Crippen LogP contribution in [0.1, 0.15) is 48.8 Å². The van der Waals surface area contributed by atoms with Crippen molar-refractivity contribution < 1.29 is 28.9 Å². The molecule has 4 heterocycles. The minimum absolute atomic E-state index is 0.0193. The number of carbonyl (C=O) groups excluding carboxylic acids is 2. The van der Waals surface area contributed by atoms with Gasteiger partial charge >= 0.3 is 0 Å². The predicted molar refractivity (Wildman–Crippen MR) is 154 cm³/mol. The lowest BCUT2D eigenvalue weighted by atomic mass is 9.96. The van der Waals surface area contributed by atoms with Crippen LogP contribution in [0.5, 0.6) is 11.5 Å². The molecule has 0 radical (unpaired) electrons. The number of benzene rings is 1. The number of rotatable bonds is 10. The molecule has 1 aromatic carbocycles. The summed E-state index contributed by atoms with van der Waals surface area (Å²) < 4.78 is 19.1. The largest absolute Gasteiger partial charge is 0.505 e. The zero-order valence-electron chi connectivity index (χ0n) is 24.2. The van der Waals surface area contributed by atoms with Crippen LogP contribution in [-0.2, 0) is 14.3 Å². The van der Waals surface area contributed by atoms with Crippen molar-refractivity contribution in [2.45, 2.75) is 40.2 Å². The van der Waals surface area contributed by atoms with E-state index in [0.29, 0.717) is 67.9 Å². The van der Waals surface area contributed by atoms with Gasteiger partial charge in [-0.3, -0.25) is 14.5 Å². The van der Waals surface area contributed by atoms with Crippen molar-refractivity contribution in [3.63, 3.8) is 0 Å². The van der Waals surface area contributed by atoms with Gasteiger partial charge in [0.1, 0.15) is 11.3 Å². The minimum atomic E-state index is -0.819. The Morgan fingerprint density at radius 3 is 2.56 bits per heavy atom. The van der Waals surface area contributed by atoms with Crippen LogP contribution in [0.15, 0.2) is 42.1 Å². The van der Waals surface area contributed by atoms with E-state index in [1.54, 1.807) is 17.0 Å². The van der Waals surface area contributed by atoms with Gasteiger partial charge in [-0.2, -0.15) is 0 Å². The van der Waals surface area contributed by atoms with Crippen molar-refractivity contribution in [3.05, 3.63) is 64.6 Å². The number of carbonyl (C=O) groups is 2. The maximum absolute atomic E-state index is 13.6. The van der Waals surface area contributed by atoms with E-state index >= 15 is 0 Å². The summed E-state index contributed by atoms with van der Waals surface area (Å²) in [5, 5.41) is 11.7. The lowest BCUT2D eigenvalue weighted by molar-refractivity contribution is -0.140. The lowest BCUT2D eigenvalue weighted by Gasteiger charge is -2.31. The Labute approximate surface area is 240 Å². The number of imidazole rings is 1. The highest BCUT2D eigenvalue weighted by atomic mass is 16.5. The zero-order chi connectivity index (χ0) is 29.1. The third-order valence-electron chi connectivity index (χ3n) is 7.65. The molecule has 41 heavy (non-hydrogen) atoms. The Balaban J connectivity index is 1.62. The van der Waals surface area contributed by atoms with E-state index < -0.39 is 17.7 Å². The highest BCUT2D eigenvalue weighted by Crippen LogP contribution is 2.42. The fourth-order valence-corrected chi connectivity index (χ4v) is 5.50. The summed E-state index contributed by atoms with van der Waals surface area (Å²) in [6, 6.07) is 8.47. The number of pyridine rings is 1. The van der Waals surface area contributed by atoms with Gasteiger partial charge in [-0.15, -0.1) is 0 Å². The number of likely N-dealkylation sites (tertiary alicyclic amines) is 1. The van der Waals surface area contributed by atoms with Gasteiger partial charge in [0.05, 0.1) is 43.7 Å². The molecule has 1 N–H and O–H groups in total. The molecular formula is C31H38N4O6. The number of aliphatic hydroxyl groups is 1. The number of hydrogen-bond donors (Lipinski definition) is 1. The predicted octanol–water partition coefficient (Wildman–Crippen LogP) is 3.89. The Morgan fingerprint density at radius 1 is 1.07 bits per heavy atom. The maximum Gasteiger partial charge on any atom is 0.295 e. The number of amides is 1. The number of hydrogen-bond acceptors (Lipinski definition) is 8. The molecular weight excluding hydrogens is 524 g/mol. The molecule has 1 atom stereocenters. The van der Waals surface area contributed by atoms with Crippen molar-refractivity contribution in [1.82, 2.24) is 19.2 Å². The summed E-state index contributed by atoms with van der Waals surface area (Å²) in [6.07, 6.45) is 2.70. The van der Waals surface area contributed by atoms with Crippen molar-refractivity contribution in [3.8, 4) is 11.5 Å². The highest BCUT2D eigenvalue weighted by Gasteiger charge is 2.46. The summed E-state index contributed by atoms with van der Waals surface area (Å²) in [5.74, 6) is -0.545. The van der Waals surface area contributed by atoms with Crippen LogP contribution in [0.25, 0.3) is 11.4 Å². The van der Waals surface area contributed by atoms with Crippen LogP contribution in [0.2, 0.25) is 0 Å². The molecule has 2 aliphatic heterocycles. The Morgan fingerprint density at radius 2 is 1.85 bits per heavy atom. The smallest absolute Gasteiger partial charge is 0.295 e. The minimum Gasteiger partial charge on any atom is -0.505 e. The van der Waals surface area contributed by atoms with Crippen molar-refractivity contribution in [1.29, 1.82) is 0 Å². The topological polar surface area (TPSA) is 106 Å². The third-order valence-corrected chi connectivity index (χ3v) is 7.65. The number of Topliss-reactive ketones (excluding diaryl/α,β-unsaturated/α-hetero) is 1. The van der Waals surface area contributed by atoms with E-state index in [1.165, 1.54) is 0 Å². The van der Waals surface area contributed by atoms with Crippen molar-refractivity contribution in [2.24, 2.45) is 0 Å². The SMILES string of the molecule is CCCOc1ccc(C2/C(=C(\O)c3nc4c(C)cccn4c3C)C(=O)C(=O)N2CCN2CCOCC2)cc1OCC. The number of aliphatic hydroxyl groups excluding tert-OH is 1. The number of aryl methyl sites for hydroxylation is 2. The molecule has 1 amide bonds. The molecule has 0 bridgehead atoms. The van der Waals surface area contributed by atoms with Crippen LogP contribution < -0.4 is 9.47 Å². The molecule has 10 heteroatoms. The first-order valence-electron chi connectivity index (χ1n) is 14.3. The molecule has 218 valence electrons. The Hall–Kier alpha value is -3.89. The second-order valence-electron chi connectivity index (χ2n) is 10.4. The zero-order valence-corrected chi connectivity index (χ0v) is 24.2. The fraction of sp³-hybridized carbons (Fsp3) is 0.452. The third kappa shape index (κ3) is 5.54. The van der Waals surface area contributed by atoms with Gasteiger partial charge in [0.25, 0.3) is 11.7 Å². The number of aromatic nitrogens is 2. The van der Waals surface area contributed by atoms with Crippen molar-refractivity contribution in [2.75, 3.05) is 52.6 Å². The molecule has 0 spiro atoms. The van der Waals surface area contributed by atoms with E-state index in [1.807, 2.05) is 56.5 Å². The van der Waals surface area contributed by atoms with Crippen LogP contribution in [0.3, 0.4) is 0 Å². The van der Waals surface area contributed by atoms with E-state index in [4.69, 9.17) is 14.2 Å². The number of ether oxygens (including phenoxy) is 3. The molecule has 2 saturated heterocycles. The van der Waals surface area contributed by atoms with E-state index in [-0.39, 0.29) is 17.0 Å². The van der Waals surface area contributed by atoms with Crippen molar-refractivity contribution >= 4 is 23.1 Å². The van der Waals surface area contributed by atoms with E-state index in [9.17, 15) is 14.7 Å². The molecule has 5 rings (SSSR count). The van der Waals surface area contributed by atoms with E-state index in [2.05, 4.69) is 9.88 Å². The number of morpholine rings is 1. The molecule has 2 aromatic heterocycles. The maximum atomic E-state index is 13.6. The lowest BCUT2D eigenvalue weighted by Crippen LogP contribution is -2.42. The van der Waals surface area contributed by atoms with E-state index in [0.717, 1.165) is 25.1 Å². The first kappa shape index (κ1) is 28.6. The molecule has 1 unspecified atom stereocenters. The Kier molecular flexibility index (Phi) is 8.60. The summed E-state index contributed by atoms with van der Waals surface area (Å²) in [4.78, 5) is 35.6. The summed E-state index contributed by atoms with van der Waals surface area (Å²) in [6.45, 7) is 12.3. The van der Waals surface area contributed by atoms with Crippen LogP contribution in [-0.4, -0.2) is 88.6 Å². The van der Waals surface area contributed by atoms with Gasteiger partial charge in [-0.25, -0.2) is 4.98 Å². The van der Waals surface area contributed by atoms with Gasteiger partial charge in [-0.05, 0) is 56.5 Å². The second-order valence-corrected chi connectivity index (χ2v) is 10.4. The normalized spacial score (nSPS) is 19.3. The van der Waals surface area contributed by atoms with Crippen LogP contribution in [0, 0.1) is 13.8 Å². The summed E-state index contributed by atoms with van der Waals surface area (Å²) in [5.41, 5.74) is 3.24. The fourth-order valence-electron chi connectivity index (χ4n) is 5.50. The van der Waals surface area contributed by atoms with Gasteiger partial charge in [0, 0.05) is 32.4 Å². The highest BCUT2D eigenvalue weighted by molar-refractivity contribution is 6.46. The average molecular weight is 563 g/mol. The summed E-state index contributed by atoms with van der Waals surface area (Å²) in [7, 11) is 0. The monoisotopic (exact) mass is 562 g/mol. The quantitative estimate of drug-likeness (QED) is 0.225. The molecule has 0 aliphatic carbocycles. The molecule has 3 aromatic rings. The first-order chi connectivity index (χ1) is 19.8. The van der Waals surface area contributed by atoms with Crippen LogP contribution >= 0.6 is 0 Å². The van der Waals surface area contributed by atoms with Crippen LogP contribution in [0.4, 0.5) is 0 Å². The van der Waals surface area contributed by atoms with Gasteiger partial charge < -0.3 is 28.6 Å². The average Bonchev–Trinajstić information content (AvgIpc) is 3.45. The molecule has 2 fully saturated rings. The van der Waals surface area contributed by atoms with Gasteiger partial charge in [-0.1, -0.05) is 19.1 Å². The number of fused-ring (bicyclic) bond motifs is 1. The van der Waals surface area contributed by atoms with Gasteiger partial charge in [0.15, 0.2) is 17.3 Å². The molecule has 0 saturated carbocycles. The number of ketones is 1. The molecule has 2 aliphatic rings. The Bertz CT molecular complexity index is 1470. The molecule has 10 nitrogen and oxygen atoms in total. The number of nitrogens with zero attached hydrogens (tertiary/aromatic N) is 4. The van der Waals surface area contributed by atoms with Gasteiger partial charge in [0.2, 0.25) is 0 Å². The summed E-state index contributed by atoms with van der Waals surface area (Å²) >= 11 is 0. The standard InChI is InChI=1S/C31H38N4O6/c1-5-16-41-23-10-9-22(19-24(23)40-6-2)27-25(28(36)26-21(4)34-11-7-8-20(3)30(34)32-26)29(37)31(38)35(27)13-12-33-14-17-39-18-15-33/h7-11,19,27,36H,5-6,12-18H2,1-4H3/b28-25+. The second kappa shape index (κ2) is 12.3. The first-order valence-corrected chi connectivity index (χ1v) is 14.3.